The molecule has 0 unspecified atom stereocenters. The van der Waals surface area contributed by atoms with Gasteiger partial charge in [-0.3, -0.25) is 4.79 Å². The molecule has 1 N–H and O–H groups in total. The first-order valence-electron chi connectivity index (χ1n) is 10.6. The number of ketones is 1. The van der Waals surface area contributed by atoms with Crippen molar-refractivity contribution in [2.75, 3.05) is 0 Å². The van der Waals surface area contributed by atoms with Gasteiger partial charge in [0, 0.05) is 16.7 Å². The molecule has 2 aromatic carbocycles. The van der Waals surface area contributed by atoms with Crippen LogP contribution in [0.3, 0.4) is 0 Å². The van der Waals surface area contributed by atoms with Gasteiger partial charge in [0.15, 0.2) is 5.78 Å². The van der Waals surface area contributed by atoms with Crippen LogP contribution in [0.1, 0.15) is 90.4 Å². The minimum Gasteiger partial charge on any atom is -0.490 e. The number of carbonyl (C=O) groups is 2. The number of aromatic carboxylic acids is 1. The zero-order valence-corrected chi connectivity index (χ0v) is 18.8. The van der Waals surface area contributed by atoms with E-state index in [9.17, 15) is 14.7 Å². The number of aryl methyl sites for hydroxylation is 1. The van der Waals surface area contributed by atoms with Crippen molar-refractivity contribution in [1.29, 1.82) is 0 Å². The maximum absolute atomic E-state index is 12.7. The first-order valence-corrected chi connectivity index (χ1v) is 10.6. The molecule has 4 nitrogen and oxygen atoms in total. The van der Waals surface area contributed by atoms with Gasteiger partial charge in [0.1, 0.15) is 5.75 Å². The van der Waals surface area contributed by atoms with Gasteiger partial charge in [0.2, 0.25) is 0 Å². The van der Waals surface area contributed by atoms with Crippen molar-refractivity contribution in [1.82, 2.24) is 0 Å². The van der Waals surface area contributed by atoms with Gasteiger partial charge < -0.3 is 9.84 Å². The number of rotatable bonds is 9. The average Bonchev–Trinajstić information content (AvgIpc) is 2.71. The van der Waals surface area contributed by atoms with Crippen molar-refractivity contribution >= 4 is 17.8 Å². The Kier molecular flexibility index (Phi) is 7.99. The van der Waals surface area contributed by atoms with Gasteiger partial charge in [-0.2, -0.15) is 0 Å². The Hall–Kier alpha value is -2.88. The molecule has 0 fully saturated rings. The van der Waals surface area contributed by atoms with Crippen molar-refractivity contribution < 1.29 is 19.4 Å². The number of hydrogen-bond donors (Lipinski definition) is 1. The summed E-state index contributed by atoms with van der Waals surface area (Å²) < 4.78 is 6.01. The maximum Gasteiger partial charge on any atom is 0.336 e. The molecule has 2 aromatic rings. The van der Waals surface area contributed by atoms with E-state index in [2.05, 4.69) is 13.8 Å². The second-order valence-electron chi connectivity index (χ2n) is 7.96. The summed E-state index contributed by atoms with van der Waals surface area (Å²) in [6.45, 7) is 11.9. The number of hydrogen-bond acceptors (Lipinski definition) is 3. The van der Waals surface area contributed by atoms with E-state index in [-0.39, 0.29) is 11.9 Å². The lowest BCUT2D eigenvalue weighted by atomic mass is 9.92. The van der Waals surface area contributed by atoms with E-state index in [0.29, 0.717) is 41.2 Å². The van der Waals surface area contributed by atoms with Crippen LogP contribution in [0.5, 0.6) is 5.75 Å². The Morgan fingerprint density at radius 3 is 2.13 bits per heavy atom. The molecule has 0 radical (unpaired) electrons. The van der Waals surface area contributed by atoms with Crippen LogP contribution < -0.4 is 4.74 Å². The van der Waals surface area contributed by atoms with E-state index in [1.165, 1.54) is 11.6 Å². The van der Waals surface area contributed by atoms with Gasteiger partial charge in [0.05, 0.1) is 11.7 Å². The van der Waals surface area contributed by atoms with Crippen molar-refractivity contribution in [3.05, 3.63) is 69.8 Å². The molecule has 0 aliphatic carbocycles. The largest absolute Gasteiger partial charge is 0.490 e. The summed E-state index contributed by atoms with van der Waals surface area (Å²) in [5, 5.41) is 9.76. The number of carboxylic acid groups (broad SMARTS) is 1. The fraction of sp³-hybridized carbons (Fsp3) is 0.385. The standard InChI is InChI=1S/C26H32O4/c1-7-18-15-21(25(30-17(5)6)22(8-2)24(18)26(28)29)13-14-23(27)20-11-9-19(10-12-20)16(3)4/h9-17H,7-8H2,1-6H3,(H,28,29)/b14-13+. The molecule has 0 spiro atoms. The monoisotopic (exact) mass is 408 g/mol. The first kappa shape index (κ1) is 23.4. The van der Waals surface area contributed by atoms with E-state index < -0.39 is 5.97 Å². The predicted molar refractivity (Wildman–Crippen MR) is 122 cm³/mol. The number of carboxylic acids is 1. The Morgan fingerprint density at radius 2 is 1.67 bits per heavy atom. The smallest absolute Gasteiger partial charge is 0.336 e. The van der Waals surface area contributed by atoms with Crippen LogP contribution in [-0.2, 0) is 12.8 Å². The molecule has 0 aliphatic heterocycles. The summed E-state index contributed by atoms with van der Waals surface area (Å²) in [7, 11) is 0. The van der Waals surface area contributed by atoms with E-state index in [1.807, 2.05) is 58.0 Å². The third-order valence-corrected chi connectivity index (χ3v) is 5.07. The van der Waals surface area contributed by atoms with Crippen molar-refractivity contribution in [2.24, 2.45) is 0 Å². The van der Waals surface area contributed by atoms with Crippen LogP contribution in [0.15, 0.2) is 36.4 Å². The molecule has 0 bridgehead atoms. The van der Waals surface area contributed by atoms with E-state index in [4.69, 9.17) is 4.74 Å². The fourth-order valence-corrected chi connectivity index (χ4v) is 3.48. The lowest BCUT2D eigenvalue weighted by Gasteiger charge is -2.20. The molecule has 0 amide bonds. The molecule has 30 heavy (non-hydrogen) atoms. The first-order chi connectivity index (χ1) is 14.2. The number of allylic oxidation sites excluding steroid dienone is 1. The molecule has 0 heterocycles. The zero-order valence-electron chi connectivity index (χ0n) is 18.8. The number of ether oxygens (including phenoxy) is 1. The van der Waals surface area contributed by atoms with Gasteiger partial charge in [-0.1, -0.05) is 52.0 Å². The summed E-state index contributed by atoms with van der Waals surface area (Å²) in [5.41, 5.74) is 4.26. The highest BCUT2D eigenvalue weighted by Gasteiger charge is 2.22. The van der Waals surface area contributed by atoms with Crippen molar-refractivity contribution in [3.63, 3.8) is 0 Å². The molecular weight excluding hydrogens is 376 g/mol. The minimum atomic E-state index is -0.950. The molecule has 160 valence electrons. The second-order valence-corrected chi connectivity index (χ2v) is 7.96. The molecule has 2 rings (SSSR count). The van der Waals surface area contributed by atoms with Crippen LogP contribution >= 0.6 is 0 Å². The van der Waals surface area contributed by atoms with E-state index in [0.717, 1.165) is 11.1 Å². The molecule has 0 aromatic heterocycles. The van der Waals surface area contributed by atoms with Crippen LogP contribution in [0.25, 0.3) is 6.08 Å². The highest BCUT2D eigenvalue weighted by Crippen LogP contribution is 2.33. The average molecular weight is 409 g/mol. The van der Waals surface area contributed by atoms with Crippen molar-refractivity contribution in [3.8, 4) is 5.75 Å². The highest BCUT2D eigenvalue weighted by molar-refractivity contribution is 6.07. The van der Waals surface area contributed by atoms with Crippen LogP contribution in [0.4, 0.5) is 0 Å². The quantitative estimate of drug-likeness (QED) is 0.390. The topological polar surface area (TPSA) is 63.6 Å². The fourth-order valence-electron chi connectivity index (χ4n) is 3.48. The summed E-state index contributed by atoms with van der Waals surface area (Å²) in [4.78, 5) is 24.6. The van der Waals surface area contributed by atoms with Gasteiger partial charge in [-0.15, -0.1) is 0 Å². The van der Waals surface area contributed by atoms with Crippen molar-refractivity contribution in [2.45, 2.75) is 66.4 Å². The minimum absolute atomic E-state index is 0.0980. The Labute approximate surface area is 179 Å². The molecular formula is C26H32O4. The Morgan fingerprint density at radius 1 is 1.03 bits per heavy atom. The maximum atomic E-state index is 12.7. The summed E-state index contributed by atoms with van der Waals surface area (Å²) in [6, 6.07) is 9.47. The van der Waals surface area contributed by atoms with Gasteiger partial charge >= 0.3 is 5.97 Å². The molecule has 0 saturated heterocycles. The van der Waals surface area contributed by atoms with Gasteiger partial charge in [0.25, 0.3) is 0 Å². The summed E-state index contributed by atoms with van der Waals surface area (Å²) in [6.07, 6.45) is 4.27. The van der Waals surface area contributed by atoms with Crippen LogP contribution in [0.2, 0.25) is 0 Å². The Bertz CT molecular complexity index is 934. The molecule has 0 aliphatic rings. The van der Waals surface area contributed by atoms with Crippen LogP contribution in [0, 0.1) is 0 Å². The lowest BCUT2D eigenvalue weighted by Crippen LogP contribution is -2.14. The van der Waals surface area contributed by atoms with Gasteiger partial charge in [-0.05, 0) is 62.0 Å². The highest BCUT2D eigenvalue weighted by atomic mass is 16.5. The Balaban J connectivity index is 2.50. The van der Waals surface area contributed by atoms with E-state index >= 15 is 0 Å². The number of carbonyl (C=O) groups excluding carboxylic acids is 1. The van der Waals surface area contributed by atoms with Crippen LogP contribution in [-0.4, -0.2) is 23.0 Å². The molecule has 0 saturated carbocycles. The predicted octanol–water partition coefficient (Wildman–Crippen LogP) is 6.32. The lowest BCUT2D eigenvalue weighted by molar-refractivity contribution is 0.0693. The number of benzene rings is 2. The van der Waals surface area contributed by atoms with E-state index in [1.54, 1.807) is 6.08 Å². The third-order valence-electron chi connectivity index (χ3n) is 5.07. The van der Waals surface area contributed by atoms with Gasteiger partial charge in [-0.25, -0.2) is 4.79 Å². The summed E-state index contributed by atoms with van der Waals surface area (Å²) >= 11 is 0. The SMILES string of the molecule is CCc1cc(/C=C/C(=O)c2ccc(C(C)C)cc2)c(OC(C)C)c(CC)c1C(=O)O. The molecule has 0 atom stereocenters. The summed E-state index contributed by atoms with van der Waals surface area (Å²) in [5.74, 6) is -0.0946. The third kappa shape index (κ3) is 5.38. The zero-order chi connectivity index (χ0) is 22.4. The molecule has 4 heteroatoms. The second kappa shape index (κ2) is 10.2. The normalized spacial score (nSPS) is 11.5.